The molecule has 1 N–H and O–H groups in total. The summed E-state index contributed by atoms with van der Waals surface area (Å²) in [5.41, 5.74) is 6.88. The van der Waals surface area contributed by atoms with Crippen molar-refractivity contribution in [3.05, 3.63) is 58.9 Å². The van der Waals surface area contributed by atoms with Gasteiger partial charge in [-0.2, -0.15) is 0 Å². The fourth-order valence-electron chi connectivity index (χ4n) is 3.37. The SMILES string of the molecule is Cc1cc(N2CCOCC2)ccc1NC(=O)c1ccc2nc(C)c(C)nc2c1. The predicted molar refractivity (Wildman–Crippen MR) is 111 cm³/mol. The number of nitrogens with zero attached hydrogens (tertiary/aromatic N) is 3. The number of aryl methyl sites for hydroxylation is 3. The van der Waals surface area contributed by atoms with E-state index in [4.69, 9.17) is 4.74 Å². The topological polar surface area (TPSA) is 67.3 Å². The van der Waals surface area contributed by atoms with Gasteiger partial charge in [-0.25, -0.2) is 9.97 Å². The van der Waals surface area contributed by atoms with E-state index in [0.29, 0.717) is 5.56 Å². The summed E-state index contributed by atoms with van der Waals surface area (Å²) in [5.74, 6) is -0.149. The summed E-state index contributed by atoms with van der Waals surface area (Å²) in [6.45, 7) is 9.16. The van der Waals surface area contributed by atoms with Crippen molar-refractivity contribution in [3.8, 4) is 0 Å². The molecule has 0 atom stereocenters. The summed E-state index contributed by atoms with van der Waals surface area (Å²) < 4.78 is 5.41. The standard InChI is InChI=1S/C22H24N4O2/c1-14-12-18(26-8-10-28-11-9-26)5-7-19(14)25-22(27)17-4-6-20-21(13-17)24-16(3)15(2)23-20/h4-7,12-13H,8-11H2,1-3H3,(H,25,27). The van der Waals surface area contributed by atoms with E-state index in [-0.39, 0.29) is 5.91 Å². The largest absolute Gasteiger partial charge is 0.378 e. The summed E-state index contributed by atoms with van der Waals surface area (Å²) in [5, 5.41) is 3.02. The van der Waals surface area contributed by atoms with Gasteiger partial charge in [-0.05, 0) is 62.7 Å². The Kier molecular flexibility index (Phi) is 4.96. The molecule has 6 nitrogen and oxygen atoms in total. The Labute approximate surface area is 164 Å². The number of carbonyl (C=O) groups is 1. The molecule has 28 heavy (non-hydrogen) atoms. The van der Waals surface area contributed by atoms with Crippen LogP contribution in [0.1, 0.15) is 27.3 Å². The third-order valence-electron chi connectivity index (χ3n) is 5.17. The van der Waals surface area contributed by atoms with Crippen LogP contribution in [0, 0.1) is 20.8 Å². The van der Waals surface area contributed by atoms with Crippen molar-refractivity contribution in [1.29, 1.82) is 0 Å². The Morgan fingerprint density at radius 3 is 2.39 bits per heavy atom. The maximum atomic E-state index is 12.8. The minimum atomic E-state index is -0.149. The van der Waals surface area contributed by atoms with Crippen molar-refractivity contribution >= 4 is 28.3 Å². The van der Waals surface area contributed by atoms with Gasteiger partial charge in [0.2, 0.25) is 0 Å². The van der Waals surface area contributed by atoms with E-state index in [0.717, 1.165) is 65.7 Å². The maximum Gasteiger partial charge on any atom is 0.255 e. The summed E-state index contributed by atoms with van der Waals surface area (Å²) in [6, 6.07) is 11.6. The van der Waals surface area contributed by atoms with E-state index in [2.05, 4.69) is 26.3 Å². The lowest BCUT2D eigenvalue weighted by Crippen LogP contribution is -2.36. The Hall–Kier alpha value is -2.99. The molecule has 0 saturated carbocycles. The van der Waals surface area contributed by atoms with E-state index in [1.165, 1.54) is 0 Å². The van der Waals surface area contributed by atoms with Crippen LogP contribution in [0.15, 0.2) is 36.4 Å². The van der Waals surface area contributed by atoms with Crippen molar-refractivity contribution in [2.45, 2.75) is 20.8 Å². The molecular weight excluding hydrogens is 352 g/mol. The highest BCUT2D eigenvalue weighted by Gasteiger charge is 2.14. The van der Waals surface area contributed by atoms with Gasteiger partial charge in [-0.15, -0.1) is 0 Å². The highest BCUT2D eigenvalue weighted by molar-refractivity contribution is 6.06. The van der Waals surface area contributed by atoms with Crippen molar-refractivity contribution in [3.63, 3.8) is 0 Å². The highest BCUT2D eigenvalue weighted by Crippen LogP contribution is 2.24. The van der Waals surface area contributed by atoms with Gasteiger partial charge in [0.25, 0.3) is 5.91 Å². The van der Waals surface area contributed by atoms with Gasteiger partial charge < -0.3 is 15.0 Å². The number of amides is 1. The van der Waals surface area contributed by atoms with Crippen molar-refractivity contribution < 1.29 is 9.53 Å². The molecule has 1 fully saturated rings. The van der Waals surface area contributed by atoms with Crippen molar-refractivity contribution in [1.82, 2.24) is 9.97 Å². The van der Waals surface area contributed by atoms with Gasteiger partial charge in [0, 0.05) is 30.0 Å². The Balaban J connectivity index is 1.54. The molecule has 1 amide bonds. The van der Waals surface area contributed by atoms with E-state index in [1.807, 2.05) is 39.0 Å². The van der Waals surface area contributed by atoms with E-state index in [1.54, 1.807) is 12.1 Å². The first-order valence-corrected chi connectivity index (χ1v) is 9.51. The first-order valence-electron chi connectivity index (χ1n) is 9.51. The summed E-state index contributed by atoms with van der Waals surface area (Å²) in [6.07, 6.45) is 0. The number of benzene rings is 2. The Bertz CT molecular complexity index is 1040. The zero-order valence-corrected chi connectivity index (χ0v) is 16.5. The number of aromatic nitrogens is 2. The van der Waals surface area contributed by atoms with Gasteiger partial charge in [0.1, 0.15) is 0 Å². The molecule has 0 bridgehead atoms. The first kappa shape index (κ1) is 18.4. The quantitative estimate of drug-likeness (QED) is 0.756. The molecule has 4 rings (SSSR count). The number of anilines is 2. The van der Waals surface area contributed by atoms with Crippen molar-refractivity contribution in [2.24, 2.45) is 0 Å². The third-order valence-corrected chi connectivity index (χ3v) is 5.17. The summed E-state index contributed by atoms with van der Waals surface area (Å²) in [7, 11) is 0. The minimum Gasteiger partial charge on any atom is -0.378 e. The smallest absolute Gasteiger partial charge is 0.255 e. The van der Waals surface area contributed by atoms with Gasteiger partial charge in [-0.3, -0.25) is 4.79 Å². The number of hydrogen-bond acceptors (Lipinski definition) is 5. The number of carbonyl (C=O) groups excluding carboxylic acids is 1. The number of morpholine rings is 1. The molecule has 2 heterocycles. The molecular formula is C22H24N4O2. The number of fused-ring (bicyclic) bond motifs is 1. The maximum absolute atomic E-state index is 12.8. The predicted octanol–water partition coefficient (Wildman–Crippen LogP) is 3.64. The number of ether oxygens (including phenoxy) is 1. The van der Waals surface area contributed by atoms with Gasteiger partial charge in [0.15, 0.2) is 0 Å². The molecule has 1 saturated heterocycles. The van der Waals surface area contributed by atoms with Gasteiger partial charge >= 0.3 is 0 Å². The van der Waals surface area contributed by atoms with Crippen LogP contribution in [-0.4, -0.2) is 42.2 Å². The molecule has 0 spiro atoms. The monoisotopic (exact) mass is 376 g/mol. The van der Waals surface area contributed by atoms with Crippen LogP contribution in [-0.2, 0) is 4.74 Å². The average Bonchev–Trinajstić information content (AvgIpc) is 2.70. The molecule has 1 aliphatic rings. The van der Waals surface area contributed by atoms with Crippen LogP contribution < -0.4 is 10.2 Å². The number of hydrogen-bond donors (Lipinski definition) is 1. The fraction of sp³-hybridized carbons (Fsp3) is 0.318. The Morgan fingerprint density at radius 1 is 0.964 bits per heavy atom. The van der Waals surface area contributed by atoms with Crippen LogP contribution in [0.4, 0.5) is 11.4 Å². The normalized spacial score (nSPS) is 14.3. The summed E-state index contributed by atoms with van der Waals surface area (Å²) >= 11 is 0. The minimum absolute atomic E-state index is 0.149. The zero-order valence-electron chi connectivity index (χ0n) is 16.5. The lowest BCUT2D eigenvalue weighted by atomic mass is 10.1. The van der Waals surface area contributed by atoms with Crippen LogP contribution in [0.25, 0.3) is 11.0 Å². The molecule has 0 unspecified atom stereocenters. The Morgan fingerprint density at radius 2 is 1.68 bits per heavy atom. The molecule has 2 aromatic carbocycles. The molecule has 1 aliphatic heterocycles. The summed E-state index contributed by atoms with van der Waals surface area (Å²) in [4.78, 5) is 24.1. The van der Waals surface area contributed by atoms with Gasteiger partial charge in [-0.1, -0.05) is 0 Å². The van der Waals surface area contributed by atoms with Crippen molar-refractivity contribution in [2.75, 3.05) is 36.5 Å². The fourth-order valence-corrected chi connectivity index (χ4v) is 3.37. The molecule has 6 heteroatoms. The molecule has 3 aromatic rings. The van der Waals surface area contributed by atoms with E-state index >= 15 is 0 Å². The van der Waals surface area contributed by atoms with Crippen LogP contribution >= 0.6 is 0 Å². The highest BCUT2D eigenvalue weighted by atomic mass is 16.5. The lowest BCUT2D eigenvalue weighted by Gasteiger charge is -2.29. The molecule has 0 aliphatic carbocycles. The van der Waals surface area contributed by atoms with Crippen LogP contribution in [0.3, 0.4) is 0 Å². The zero-order chi connectivity index (χ0) is 19.7. The first-order chi connectivity index (χ1) is 13.5. The van der Waals surface area contributed by atoms with E-state index < -0.39 is 0 Å². The van der Waals surface area contributed by atoms with E-state index in [9.17, 15) is 4.79 Å². The number of rotatable bonds is 3. The second-order valence-corrected chi connectivity index (χ2v) is 7.15. The van der Waals surface area contributed by atoms with Crippen LogP contribution in [0.2, 0.25) is 0 Å². The lowest BCUT2D eigenvalue weighted by molar-refractivity contribution is 0.102. The van der Waals surface area contributed by atoms with Gasteiger partial charge in [0.05, 0.1) is 35.6 Å². The van der Waals surface area contributed by atoms with Crippen LogP contribution in [0.5, 0.6) is 0 Å². The second kappa shape index (κ2) is 7.56. The molecule has 0 radical (unpaired) electrons. The third kappa shape index (κ3) is 3.68. The molecule has 144 valence electrons. The second-order valence-electron chi connectivity index (χ2n) is 7.15. The average molecular weight is 376 g/mol. The molecule has 1 aromatic heterocycles. The number of nitrogens with one attached hydrogen (secondary N) is 1.